The Balaban J connectivity index is 1.24. The van der Waals surface area contributed by atoms with E-state index in [4.69, 9.17) is 9.47 Å². The molecule has 2 amide bonds. The van der Waals surface area contributed by atoms with Gasteiger partial charge >= 0.3 is 6.03 Å². The van der Waals surface area contributed by atoms with Gasteiger partial charge in [0.05, 0.1) is 5.69 Å². The maximum absolute atomic E-state index is 12.7. The number of rotatable bonds is 3. The zero-order chi connectivity index (χ0) is 22.2. The first-order valence-electron chi connectivity index (χ1n) is 10.6. The lowest BCUT2D eigenvalue weighted by atomic mass is 10.2. The smallest absolute Gasteiger partial charge is 0.321 e. The molecule has 0 unspecified atom stereocenters. The van der Waals surface area contributed by atoms with Crippen molar-refractivity contribution in [2.75, 3.05) is 43.2 Å². The molecule has 10 heteroatoms. The molecule has 0 aliphatic carbocycles. The van der Waals surface area contributed by atoms with E-state index in [-0.39, 0.29) is 12.8 Å². The average Bonchev–Trinajstić information content (AvgIpc) is 3.38. The normalized spacial score (nSPS) is 15.2. The molecule has 2 aliphatic heterocycles. The van der Waals surface area contributed by atoms with E-state index in [0.29, 0.717) is 49.2 Å². The molecule has 0 saturated carbocycles. The molecular formula is C22H25N7O3. The SMILES string of the molecule is Cc1cc(C)n(-c2cc(N3CCN(C(=O)Nc4ccc5c(c4)OCO5)CC3)nc(C)n2)n1. The van der Waals surface area contributed by atoms with Gasteiger partial charge in [0.15, 0.2) is 17.3 Å². The number of carbonyl (C=O) groups excluding carboxylic acids is 1. The Kier molecular flexibility index (Phi) is 5.04. The number of amides is 2. The van der Waals surface area contributed by atoms with Gasteiger partial charge in [0.25, 0.3) is 0 Å². The van der Waals surface area contributed by atoms with Crippen molar-refractivity contribution in [2.45, 2.75) is 20.8 Å². The molecule has 1 fully saturated rings. The van der Waals surface area contributed by atoms with Crippen molar-refractivity contribution in [3.8, 4) is 17.3 Å². The predicted octanol–water partition coefficient (Wildman–Crippen LogP) is 2.67. The number of anilines is 2. The van der Waals surface area contributed by atoms with Gasteiger partial charge in [-0.25, -0.2) is 19.4 Å². The fraction of sp³-hybridized carbons (Fsp3) is 0.364. The van der Waals surface area contributed by atoms with Gasteiger partial charge in [0, 0.05) is 49.7 Å². The van der Waals surface area contributed by atoms with Crippen molar-refractivity contribution >= 4 is 17.5 Å². The van der Waals surface area contributed by atoms with Gasteiger partial charge in [-0.15, -0.1) is 0 Å². The summed E-state index contributed by atoms with van der Waals surface area (Å²) >= 11 is 0. The minimum Gasteiger partial charge on any atom is -0.454 e. The van der Waals surface area contributed by atoms with Crippen LogP contribution in [0.3, 0.4) is 0 Å². The van der Waals surface area contributed by atoms with Crippen molar-refractivity contribution in [3.05, 3.63) is 47.5 Å². The van der Waals surface area contributed by atoms with Crippen LogP contribution in [0.5, 0.6) is 11.5 Å². The largest absolute Gasteiger partial charge is 0.454 e. The summed E-state index contributed by atoms with van der Waals surface area (Å²) in [7, 11) is 0. The van der Waals surface area contributed by atoms with E-state index in [0.717, 1.165) is 23.0 Å². The third-order valence-corrected chi connectivity index (χ3v) is 5.55. The van der Waals surface area contributed by atoms with Crippen LogP contribution in [0, 0.1) is 20.8 Å². The molecule has 2 aliphatic rings. The van der Waals surface area contributed by atoms with E-state index in [1.807, 2.05) is 43.7 Å². The molecule has 10 nitrogen and oxygen atoms in total. The van der Waals surface area contributed by atoms with E-state index < -0.39 is 0 Å². The van der Waals surface area contributed by atoms with Gasteiger partial charge in [-0.3, -0.25) is 0 Å². The quantitative estimate of drug-likeness (QED) is 0.675. The number of ether oxygens (including phenoxy) is 2. The maximum Gasteiger partial charge on any atom is 0.321 e. The van der Waals surface area contributed by atoms with Crippen LogP contribution in [0.2, 0.25) is 0 Å². The number of hydrogen-bond acceptors (Lipinski definition) is 7. The second-order valence-electron chi connectivity index (χ2n) is 7.94. The summed E-state index contributed by atoms with van der Waals surface area (Å²) in [4.78, 5) is 25.9. The number of benzene rings is 1. The van der Waals surface area contributed by atoms with E-state index in [9.17, 15) is 4.79 Å². The number of urea groups is 1. The average molecular weight is 435 g/mol. The lowest BCUT2D eigenvalue weighted by molar-refractivity contribution is 0.174. The second-order valence-corrected chi connectivity index (χ2v) is 7.94. The van der Waals surface area contributed by atoms with Crippen molar-refractivity contribution in [3.63, 3.8) is 0 Å². The summed E-state index contributed by atoms with van der Waals surface area (Å²) in [6, 6.07) is 9.23. The highest BCUT2D eigenvalue weighted by molar-refractivity contribution is 5.90. The van der Waals surface area contributed by atoms with Crippen LogP contribution in [-0.4, -0.2) is 63.7 Å². The number of aromatic nitrogens is 4. The van der Waals surface area contributed by atoms with Gasteiger partial charge in [0.1, 0.15) is 11.6 Å². The highest BCUT2D eigenvalue weighted by Crippen LogP contribution is 2.34. The highest BCUT2D eigenvalue weighted by Gasteiger charge is 2.23. The maximum atomic E-state index is 12.7. The van der Waals surface area contributed by atoms with Gasteiger partial charge in [-0.1, -0.05) is 0 Å². The Labute approximate surface area is 185 Å². The number of nitrogens with zero attached hydrogens (tertiary/aromatic N) is 6. The Morgan fingerprint density at radius 1 is 0.938 bits per heavy atom. The molecule has 5 rings (SSSR count). The van der Waals surface area contributed by atoms with Crippen molar-refractivity contribution < 1.29 is 14.3 Å². The van der Waals surface area contributed by atoms with Crippen LogP contribution in [0.4, 0.5) is 16.3 Å². The van der Waals surface area contributed by atoms with Crippen molar-refractivity contribution in [2.24, 2.45) is 0 Å². The van der Waals surface area contributed by atoms with Crippen LogP contribution in [-0.2, 0) is 0 Å². The number of nitrogens with one attached hydrogen (secondary N) is 1. The van der Waals surface area contributed by atoms with Gasteiger partial charge in [-0.2, -0.15) is 5.10 Å². The van der Waals surface area contributed by atoms with Crippen LogP contribution in [0.15, 0.2) is 30.3 Å². The monoisotopic (exact) mass is 435 g/mol. The Hall–Kier alpha value is -3.82. The minimum atomic E-state index is -0.134. The number of carbonyl (C=O) groups is 1. The summed E-state index contributed by atoms with van der Waals surface area (Å²) < 4.78 is 12.5. The molecule has 32 heavy (non-hydrogen) atoms. The summed E-state index contributed by atoms with van der Waals surface area (Å²) in [5.41, 5.74) is 2.65. The third kappa shape index (κ3) is 3.91. The van der Waals surface area contributed by atoms with Crippen molar-refractivity contribution in [1.82, 2.24) is 24.6 Å². The molecule has 4 heterocycles. The molecular weight excluding hydrogens is 410 g/mol. The Morgan fingerprint density at radius 3 is 2.44 bits per heavy atom. The first-order valence-corrected chi connectivity index (χ1v) is 10.6. The molecule has 2 aromatic heterocycles. The molecule has 0 spiro atoms. The van der Waals surface area contributed by atoms with E-state index in [1.54, 1.807) is 17.0 Å². The number of aryl methyl sites for hydroxylation is 3. The first kappa shape index (κ1) is 20.1. The number of piperazine rings is 1. The van der Waals surface area contributed by atoms with Gasteiger partial charge in [0.2, 0.25) is 6.79 Å². The van der Waals surface area contributed by atoms with Gasteiger partial charge in [-0.05, 0) is 39.0 Å². The molecule has 0 bridgehead atoms. The summed E-state index contributed by atoms with van der Waals surface area (Å²) in [5, 5.41) is 7.47. The van der Waals surface area contributed by atoms with E-state index in [2.05, 4.69) is 25.3 Å². The molecule has 3 aromatic rings. The van der Waals surface area contributed by atoms with Crippen LogP contribution in [0.1, 0.15) is 17.2 Å². The zero-order valence-electron chi connectivity index (χ0n) is 18.3. The van der Waals surface area contributed by atoms with E-state index in [1.165, 1.54) is 0 Å². The number of hydrogen-bond donors (Lipinski definition) is 1. The predicted molar refractivity (Wildman–Crippen MR) is 119 cm³/mol. The topological polar surface area (TPSA) is 97.6 Å². The Bertz CT molecular complexity index is 1170. The standard InChI is InChI=1S/C22H25N7O3/c1-14-10-15(2)29(26-14)21-12-20(23-16(3)24-21)27-6-8-28(9-7-27)22(30)25-17-4-5-18-19(11-17)32-13-31-18/h4-5,10-12H,6-9,13H2,1-3H3,(H,25,30). The molecule has 166 valence electrons. The van der Waals surface area contributed by atoms with Crippen LogP contribution < -0.4 is 19.7 Å². The highest BCUT2D eigenvalue weighted by atomic mass is 16.7. The first-order chi connectivity index (χ1) is 15.5. The fourth-order valence-electron chi connectivity index (χ4n) is 3.98. The number of fused-ring (bicyclic) bond motifs is 1. The lowest BCUT2D eigenvalue weighted by Gasteiger charge is -2.35. The van der Waals surface area contributed by atoms with Crippen molar-refractivity contribution in [1.29, 1.82) is 0 Å². The molecule has 1 N–H and O–H groups in total. The van der Waals surface area contributed by atoms with Gasteiger partial charge < -0.3 is 24.6 Å². The summed E-state index contributed by atoms with van der Waals surface area (Å²) in [6.07, 6.45) is 0. The molecule has 1 aromatic carbocycles. The van der Waals surface area contributed by atoms with E-state index >= 15 is 0 Å². The summed E-state index contributed by atoms with van der Waals surface area (Å²) in [5.74, 6) is 3.62. The lowest BCUT2D eigenvalue weighted by Crippen LogP contribution is -2.50. The molecule has 0 atom stereocenters. The molecule has 1 saturated heterocycles. The second kappa shape index (κ2) is 8.03. The minimum absolute atomic E-state index is 0.134. The summed E-state index contributed by atoms with van der Waals surface area (Å²) in [6.45, 7) is 8.61. The van der Waals surface area contributed by atoms with Crippen LogP contribution in [0.25, 0.3) is 5.82 Å². The Morgan fingerprint density at radius 2 is 1.69 bits per heavy atom. The third-order valence-electron chi connectivity index (χ3n) is 5.55. The zero-order valence-corrected chi connectivity index (χ0v) is 18.3. The van der Waals surface area contributed by atoms with Crippen LogP contribution >= 0.6 is 0 Å². The molecule has 0 radical (unpaired) electrons. The fourth-order valence-corrected chi connectivity index (χ4v) is 3.98.